The molecule has 8 nitrogen and oxygen atoms in total. The van der Waals surface area contributed by atoms with Gasteiger partial charge in [-0.3, -0.25) is 4.79 Å². The highest BCUT2D eigenvalue weighted by atomic mass is 16.5. The molecule has 0 fully saturated rings. The fraction of sp³-hybridized carbons (Fsp3) is 0.0645. The summed E-state index contributed by atoms with van der Waals surface area (Å²) in [6, 6.07) is 18.9. The molecule has 0 aliphatic rings. The number of oxazole rings is 1. The third-order valence-corrected chi connectivity index (χ3v) is 6.14. The number of carbonyl (C=O) groups excluding carboxylic acids is 1. The fourth-order valence-corrected chi connectivity index (χ4v) is 4.26. The molecule has 0 saturated carbocycles. The number of nitrogens with one attached hydrogen (secondary N) is 2. The van der Waals surface area contributed by atoms with Gasteiger partial charge >= 0.3 is 0 Å². The molecule has 2 aromatic heterocycles. The number of amides is 1. The van der Waals surface area contributed by atoms with Crippen molar-refractivity contribution in [1.82, 2.24) is 9.97 Å². The Kier molecular flexibility index (Phi) is 7.09. The predicted octanol–water partition coefficient (Wildman–Crippen LogP) is 7.15. The molecule has 3 aromatic carbocycles. The van der Waals surface area contributed by atoms with Crippen LogP contribution in [0.2, 0.25) is 0 Å². The summed E-state index contributed by atoms with van der Waals surface area (Å²) >= 11 is 0. The second-order valence-electron chi connectivity index (χ2n) is 8.68. The highest BCUT2D eigenvalue weighted by Crippen LogP contribution is 2.31. The highest BCUT2D eigenvalue weighted by molar-refractivity contribution is 6.10. The molecule has 194 valence electrons. The Balaban J connectivity index is 1.39. The van der Waals surface area contributed by atoms with Crippen molar-refractivity contribution in [3.63, 3.8) is 0 Å². The van der Waals surface area contributed by atoms with Crippen LogP contribution in [0, 0.1) is 0 Å². The number of aromatic nitrogens is 2. The third kappa shape index (κ3) is 5.35. The van der Waals surface area contributed by atoms with E-state index in [-0.39, 0.29) is 17.1 Å². The number of carbonyl (C=O) groups is 1. The van der Waals surface area contributed by atoms with Crippen LogP contribution in [0.3, 0.4) is 0 Å². The molecular weight excluding hydrogens is 490 g/mol. The Morgan fingerprint density at radius 3 is 2.38 bits per heavy atom. The molecule has 0 bridgehead atoms. The van der Waals surface area contributed by atoms with Gasteiger partial charge in [0, 0.05) is 23.0 Å². The summed E-state index contributed by atoms with van der Waals surface area (Å²) in [5.74, 6) is 0.839. The maximum atomic E-state index is 13.3. The van der Waals surface area contributed by atoms with Crippen LogP contribution in [-0.4, -0.2) is 22.5 Å². The van der Waals surface area contributed by atoms with Crippen LogP contribution in [0.1, 0.15) is 28.4 Å². The second-order valence-corrected chi connectivity index (χ2v) is 8.68. The minimum atomic E-state index is -0.419. The van der Waals surface area contributed by atoms with Gasteiger partial charge in [-0.1, -0.05) is 31.4 Å². The number of benzene rings is 3. The first-order chi connectivity index (χ1) is 19.0. The molecule has 5 aromatic rings. The van der Waals surface area contributed by atoms with E-state index in [1.54, 1.807) is 24.4 Å². The lowest BCUT2D eigenvalue weighted by atomic mass is 10.0. The van der Waals surface area contributed by atoms with E-state index < -0.39 is 5.91 Å². The maximum absolute atomic E-state index is 13.3. The summed E-state index contributed by atoms with van der Waals surface area (Å²) in [6.07, 6.45) is 6.61. The van der Waals surface area contributed by atoms with Crippen LogP contribution in [0.4, 0.5) is 22.9 Å². The molecule has 1 amide bonds. The molecule has 0 aliphatic heterocycles. The van der Waals surface area contributed by atoms with Crippen molar-refractivity contribution in [2.45, 2.75) is 6.92 Å². The Morgan fingerprint density at radius 2 is 1.72 bits per heavy atom. The van der Waals surface area contributed by atoms with E-state index in [9.17, 15) is 4.79 Å². The van der Waals surface area contributed by atoms with Crippen LogP contribution in [0.5, 0.6) is 5.88 Å². The zero-order chi connectivity index (χ0) is 27.4. The molecule has 0 spiro atoms. The molecule has 4 N–H and O–H groups in total. The van der Waals surface area contributed by atoms with Gasteiger partial charge in [0.1, 0.15) is 11.4 Å². The molecule has 0 radical (unpaired) electrons. The first kappa shape index (κ1) is 25.3. The minimum absolute atomic E-state index is 0.140. The van der Waals surface area contributed by atoms with Crippen molar-refractivity contribution < 1.29 is 13.9 Å². The Hall–Kier alpha value is -5.37. The number of nitrogen functional groups attached to an aromatic ring is 1. The summed E-state index contributed by atoms with van der Waals surface area (Å²) in [5, 5.41) is 8.11. The number of hydrogen-bond acceptors (Lipinski definition) is 7. The van der Waals surface area contributed by atoms with E-state index >= 15 is 0 Å². The summed E-state index contributed by atoms with van der Waals surface area (Å²) in [4.78, 5) is 21.8. The van der Waals surface area contributed by atoms with Crippen LogP contribution in [0.25, 0.3) is 34.2 Å². The van der Waals surface area contributed by atoms with Crippen molar-refractivity contribution in [3.05, 3.63) is 103 Å². The molecule has 0 aliphatic carbocycles. The number of nitrogens with two attached hydrogens (primary N) is 1. The number of nitrogens with zero attached hydrogens (tertiary/aromatic N) is 2. The molecule has 5 rings (SSSR count). The molecule has 0 saturated heterocycles. The Labute approximate surface area is 225 Å². The Bertz CT molecular complexity index is 1680. The maximum Gasteiger partial charge on any atom is 0.263 e. The zero-order valence-electron chi connectivity index (χ0n) is 21.4. The van der Waals surface area contributed by atoms with Gasteiger partial charge in [-0.05, 0) is 77.4 Å². The van der Waals surface area contributed by atoms with Crippen molar-refractivity contribution >= 4 is 51.7 Å². The average molecular weight is 518 g/mol. The standard InChI is InChI=1S/C31H27N5O3/c1-4-19-13-22-9-12-25(15-23(22)14-20(19)5-2)35-30(37)29-26(32)16-28(36-31(29)38-6-3)34-24-10-7-21(8-11-24)27-17-33-18-39-27/h4-5,7-18H,1-2,6H2,3H3,(H,35,37)(H3,32,34,36). The Morgan fingerprint density at radius 1 is 1.00 bits per heavy atom. The predicted molar refractivity (Wildman–Crippen MR) is 157 cm³/mol. The fourth-order valence-electron chi connectivity index (χ4n) is 4.26. The first-order valence-corrected chi connectivity index (χ1v) is 12.3. The topological polar surface area (TPSA) is 115 Å². The summed E-state index contributed by atoms with van der Waals surface area (Å²) < 4.78 is 11.1. The third-order valence-electron chi connectivity index (χ3n) is 6.14. The quantitative estimate of drug-likeness (QED) is 0.190. The van der Waals surface area contributed by atoms with Gasteiger partial charge in [-0.25, -0.2) is 4.98 Å². The van der Waals surface area contributed by atoms with E-state index in [0.717, 1.165) is 33.2 Å². The van der Waals surface area contributed by atoms with Crippen LogP contribution < -0.4 is 21.1 Å². The van der Waals surface area contributed by atoms with Crippen molar-refractivity contribution in [3.8, 4) is 17.2 Å². The second kappa shape index (κ2) is 10.9. The van der Waals surface area contributed by atoms with Gasteiger partial charge in [0.2, 0.25) is 5.88 Å². The van der Waals surface area contributed by atoms with E-state index in [4.69, 9.17) is 14.9 Å². The van der Waals surface area contributed by atoms with Gasteiger partial charge in [-0.2, -0.15) is 4.98 Å². The van der Waals surface area contributed by atoms with E-state index in [2.05, 4.69) is 33.8 Å². The summed E-state index contributed by atoms with van der Waals surface area (Å²) in [6.45, 7) is 9.88. The van der Waals surface area contributed by atoms with E-state index in [1.807, 2.05) is 61.5 Å². The van der Waals surface area contributed by atoms with Gasteiger partial charge in [0.15, 0.2) is 12.2 Å². The molecule has 0 atom stereocenters. The van der Waals surface area contributed by atoms with Crippen molar-refractivity contribution in [1.29, 1.82) is 0 Å². The molecule has 8 heteroatoms. The van der Waals surface area contributed by atoms with Gasteiger partial charge in [0.05, 0.1) is 18.5 Å². The zero-order valence-corrected chi connectivity index (χ0v) is 21.4. The number of ether oxygens (including phenoxy) is 1. The van der Waals surface area contributed by atoms with Gasteiger partial charge in [-0.15, -0.1) is 0 Å². The monoisotopic (exact) mass is 517 g/mol. The largest absolute Gasteiger partial charge is 0.477 e. The van der Waals surface area contributed by atoms with Gasteiger partial charge < -0.3 is 25.5 Å². The van der Waals surface area contributed by atoms with E-state index in [1.165, 1.54) is 6.39 Å². The smallest absolute Gasteiger partial charge is 0.263 e. The minimum Gasteiger partial charge on any atom is -0.477 e. The number of pyridine rings is 1. The number of anilines is 4. The molecule has 2 heterocycles. The lowest BCUT2D eigenvalue weighted by Crippen LogP contribution is -2.17. The first-order valence-electron chi connectivity index (χ1n) is 12.3. The van der Waals surface area contributed by atoms with Crippen molar-refractivity contribution in [2.75, 3.05) is 23.0 Å². The lowest BCUT2D eigenvalue weighted by molar-refractivity contribution is 0.102. The van der Waals surface area contributed by atoms with Gasteiger partial charge in [0.25, 0.3) is 5.91 Å². The summed E-state index contributed by atoms with van der Waals surface area (Å²) in [5.41, 5.74) is 11.0. The summed E-state index contributed by atoms with van der Waals surface area (Å²) in [7, 11) is 0. The number of rotatable bonds is 9. The molecular formula is C31H27N5O3. The number of fused-ring (bicyclic) bond motifs is 1. The lowest BCUT2D eigenvalue weighted by Gasteiger charge is -2.15. The number of hydrogen-bond donors (Lipinski definition) is 3. The van der Waals surface area contributed by atoms with Crippen LogP contribution >= 0.6 is 0 Å². The van der Waals surface area contributed by atoms with Crippen LogP contribution in [0.15, 0.2) is 90.8 Å². The average Bonchev–Trinajstić information content (AvgIpc) is 3.48. The molecule has 0 unspecified atom stereocenters. The SMILES string of the molecule is C=Cc1cc2ccc(NC(=O)c3c(N)cc(Nc4ccc(-c5cnco5)cc4)nc3OCC)cc2cc1C=C. The molecule has 39 heavy (non-hydrogen) atoms. The van der Waals surface area contributed by atoms with E-state index in [0.29, 0.717) is 23.9 Å². The highest BCUT2D eigenvalue weighted by Gasteiger charge is 2.20. The normalized spacial score (nSPS) is 10.7. The van der Waals surface area contributed by atoms with Crippen LogP contribution in [-0.2, 0) is 0 Å². The van der Waals surface area contributed by atoms with Crippen molar-refractivity contribution in [2.24, 2.45) is 0 Å².